The zero-order valence-electron chi connectivity index (χ0n) is 11.8. The number of anilines is 1. The first-order valence-electron chi connectivity index (χ1n) is 7.11. The van der Waals surface area contributed by atoms with Crippen LogP contribution in [-0.4, -0.2) is 35.6 Å². The standard InChI is InChI=1S/C15H16N4OS/c1-10-3-2-4-11-14(10)19-13(20)9-12(17-15(19)21-11)18-7-5-16-6-8-18/h2-4,9,16H,5-8H2,1H3. The number of nitrogens with zero attached hydrogens (tertiary/aromatic N) is 3. The highest BCUT2D eigenvalue weighted by Crippen LogP contribution is 2.27. The van der Waals surface area contributed by atoms with E-state index in [4.69, 9.17) is 4.98 Å². The average Bonchev–Trinajstić information content (AvgIpc) is 2.88. The summed E-state index contributed by atoms with van der Waals surface area (Å²) < 4.78 is 2.85. The molecule has 0 aliphatic carbocycles. The summed E-state index contributed by atoms with van der Waals surface area (Å²) in [5, 5.41) is 3.32. The molecule has 21 heavy (non-hydrogen) atoms. The number of benzene rings is 1. The lowest BCUT2D eigenvalue weighted by molar-refractivity contribution is 0.585. The van der Waals surface area contributed by atoms with E-state index in [1.54, 1.807) is 21.8 Å². The number of thiazole rings is 1. The van der Waals surface area contributed by atoms with E-state index in [0.717, 1.165) is 52.7 Å². The first-order valence-corrected chi connectivity index (χ1v) is 7.93. The molecule has 1 aromatic carbocycles. The fourth-order valence-corrected chi connectivity index (χ4v) is 3.98. The predicted octanol–water partition coefficient (Wildman–Crippen LogP) is 1.63. The molecule has 2 aromatic heterocycles. The fraction of sp³-hybridized carbons (Fsp3) is 0.333. The van der Waals surface area contributed by atoms with Gasteiger partial charge >= 0.3 is 0 Å². The summed E-state index contributed by atoms with van der Waals surface area (Å²) >= 11 is 1.58. The van der Waals surface area contributed by atoms with E-state index in [-0.39, 0.29) is 5.56 Å². The SMILES string of the molecule is Cc1cccc2sc3nc(N4CCNCC4)cc(=O)n3c12. The van der Waals surface area contributed by atoms with Crippen molar-refractivity contribution in [2.45, 2.75) is 6.92 Å². The van der Waals surface area contributed by atoms with Crippen LogP contribution in [-0.2, 0) is 0 Å². The molecule has 0 spiro atoms. The molecule has 3 aromatic rings. The van der Waals surface area contributed by atoms with Crippen molar-refractivity contribution in [2.24, 2.45) is 0 Å². The molecule has 0 unspecified atom stereocenters. The van der Waals surface area contributed by atoms with E-state index in [2.05, 4.69) is 10.2 Å². The number of hydrogen-bond acceptors (Lipinski definition) is 5. The van der Waals surface area contributed by atoms with Gasteiger partial charge in [-0.25, -0.2) is 4.98 Å². The molecule has 1 aliphatic heterocycles. The molecule has 1 aliphatic rings. The van der Waals surface area contributed by atoms with Crippen LogP contribution < -0.4 is 15.8 Å². The van der Waals surface area contributed by atoms with E-state index in [1.807, 2.05) is 25.1 Å². The van der Waals surface area contributed by atoms with Crippen LogP contribution >= 0.6 is 11.3 Å². The second-order valence-electron chi connectivity index (χ2n) is 5.33. The van der Waals surface area contributed by atoms with Crippen LogP contribution in [0.4, 0.5) is 5.82 Å². The van der Waals surface area contributed by atoms with Gasteiger partial charge in [0.1, 0.15) is 5.82 Å². The quantitative estimate of drug-likeness (QED) is 0.742. The van der Waals surface area contributed by atoms with E-state index >= 15 is 0 Å². The van der Waals surface area contributed by atoms with Crippen molar-refractivity contribution >= 4 is 32.3 Å². The number of piperazine rings is 1. The average molecular weight is 300 g/mol. The van der Waals surface area contributed by atoms with Crippen LogP contribution in [0.1, 0.15) is 5.56 Å². The van der Waals surface area contributed by atoms with Crippen molar-refractivity contribution in [3.05, 3.63) is 40.2 Å². The Balaban J connectivity index is 1.96. The third kappa shape index (κ3) is 2.02. The number of aromatic nitrogens is 2. The summed E-state index contributed by atoms with van der Waals surface area (Å²) in [5.74, 6) is 0.797. The van der Waals surface area contributed by atoms with Gasteiger partial charge in [-0.2, -0.15) is 0 Å². The summed E-state index contributed by atoms with van der Waals surface area (Å²) in [6.45, 7) is 5.70. The Bertz CT molecular complexity index is 876. The Hall–Kier alpha value is -1.92. The molecule has 1 fully saturated rings. The van der Waals surface area contributed by atoms with Crippen LogP contribution in [0.2, 0.25) is 0 Å². The largest absolute Gasteiger partial charge is 0.354 e. The van der Waals surface area contributed by atoms with E-state index < -0.39 is 0 Å². The maximum atomic E-state index is 12.6. The number of rotatable bonds is 1. The molecule has 6 heteroatoms. The molecule has 1 N–H and O–H groups in total. The van der Waals surface area contributed by atoms with Gasteiger partial charge in [0.25, 0.3) is 5.56 Å². The third-order valence-corrected chi connectivity index (χ3v) is 4.95. The van der Waals surface area contributed by atoms with E-state index in [9.17, 15) is 4.79 Å². The van der Waals surface area contributed by atoms with Crippen molar-refractivity contribution in [1.29, 1.82) is 0 Å². The van der Waals surface area contributed by atoms with Gasteiger partial charge in [0.05, 0.1) is 10.2 Å². The highest BCUT2D eigenvalue weighted by Gasteiger charge is 2.16. The smallest absolute Gasteiger partial charge is 0.261 e. The fourth-order valence-electron chi connectivity index (χ4n) is 2.88. The first kappa shape index (κ1) is 12.8. The topological polar surface area (TPSA) is 49.6 Å². The molecular weight excluding hydrogens is 284 g/mol. The molecule has 0 saturated carbocycles. The van der Waals surface area contributed by atoms with Crippen molar-refractivity contribution in [3.63, 3.8) is 0 Å². The van der Waals surface area contributed by atoms with Gasteiger partial charge in [0.15, 0.2) is 4.96 Å². The molecule has 3 heterocycles. The summed E-state index contributed by atoms with van der Waals surface area (Å²) in [6, 6.07) is 7.77. The zero-order chi connectivity index (χ0) is 14.4. The van der Waals surface area contributed by atoms with Gasteiger partial charge in [-0.05, 0) is 18.6 Å². The summed E-state index contributed by atoms with van der Waals surface area (Å²) in [6.07, 6.45) is 0. The van der Waals surface area contributed by atoms with Gasteiger partial charge in [0, 0.05) is 32.2 Å². The van der Waals surface area contributed by atoms with E-state index in [0.29, 0.717) is 0 Å². The number of para-hydroxylation sites is 1. The molecule has 0 bridgehead atoms. The van der Waals surface area contributed by atoms with Gasteiger partial charge in [-0.15, -0.1) is 0 Å². The van der Waals surface area contributed by atoms with Crippen molar-refractivity contribution < 1.29 is 0 Å². The number of nitrogens with one attached hydrogen (secondary N) is 1. The molecular formula is C15H16N4OS. The summed E-state index contributed by atoms with van der Waals surface area (Å²) in [5.41, 5.74) is 2.11. The van der Waals surface area contributed by atoms with Crippen molar-refractivity contribution in [3.8, 4) is 0 Å². The Labute approximate surface area is 125 Å². The molecule has 4 rings (SSSR count). The van der Waals surface area contributed by atoms with Crippen LogP contribution in [0, 0.1) is 6.92 Å². The lowest BCUT2D eigenvalue weighted by Crippen LogP contribution is -2.44. The van der Waals surface area contributed by atoms with Gasteiger partial charge < -0.3 is 10.2 Å². The Morgan fingerprint density at radius 1 is 1.29 bits per heavy atom. The van der Waals surface area contributed by atoms with Crippen LogP contribution in [0.25, 0.3) is 15.2 Å². The Kier molecular flexibility index (Phi) is 2.94. The highest BCUT2D eigenvalue weighted by molar-refractivity contribution is 7.23. The molecule has 0 radical (unpaired) electrons. The summed E-state index contributed by atoms with van der Waals surface area (Å²) in [7, 11) is 0. The minimum Gasteiger partial charge on any atom is -0.354 e. The maximum Gasteiger partial charge on any atom is 0.261 e. The molecule has 108 valence electrons. The van der Waals surface area contributed by atoms with Crippen molar-refractivity contribution in [2.75, 3.05) is 31.1 Å². The molecule has 1 saturated heterocycles. The van der Waals surface area contributed by atoms with Crippen molar-refractivity contribution in [1.82, 2.24) is 14.7 Å². The number of hydrogen-bond donors (Lipinski definition) is 1. The highest BCUT2D eigenvalue weighted by atomic mass is 32.1. The minimum atomic E-state index is 0.00841. The number of fused-ring (bicyclic) bond motifs is 3. The molecule has 0 amide bonds. The lowest BCUT2D eigenvalue weighted by Gasteiger charge is -2.28. The van der Waals surface area contributed by atoms with Crippen LogP contribution in [0.3, 0.4) is 0 Å². The second kappa shape index (κ2) is 4.82. The van der Waals surface area contributed by atoms with Gasteiger partial charge in [0.2, 0.25) is 0 Å². The van der Waals surface area contributed by atoms with Gasteiger partial charge in [-0.3, -0.25) is 9.20 Å². The Morgan fingerprint density at radius 3 is 2.90 bits per heavy atom. The van der Waals surface area contributed by atoms with Crippen LogP contribution in [0.15, 0.2) is 29.1 Å². The third-order valence-electron chi connectivity index (χ3n) is 3.94. The molecule has 0 atom stereocenters. The monoisotopic (exact) mass is 300 g/mol. The maximum absolute atomic E-state index is 12.6. The van der Waals surface area contributed by atoms with Gasteiger partial charge in [-0.1, -0.05) is 23.5 Å². The minimum absolute atomic E-state index is 0.00841. The number of aryl methyl sites for hydroxylation is 1. The van der Waals surface area contributed by atoms with Crippen LogP contribution in [0.5, 0.6) is 0 Å². The molecule has 5 nitrogen and oxygen atoms in total. The first-order chi connectivity index (χ1) is 10.2. The second-order valence-corrected chi connectivity index (χ2v) is 6.34. The zero-order valence-corrected chi connectivity index (χ0v) is 12.6. The normalized spacial score (nSPS) is 16.0. The summed E-state index contributed by atoms with van der Waals surface area (Å²) in [4.78, 5) is 20.2. The van der Waals surface area contributed by atoms with E-state index in [1.165, 1.54) is 0 Å². The Morgan fingerprint density at radius 2 is 2.10 bits per heavy atom. The predicted molar refractivity (Wildman–Crippen MR) is 86.7 cm³/mol. The lowest BCUT2D eigenvalue weighted by atomic mass is 10.2.